The zero-order chi connectivity index (χ0) is 11.0. The van der Waals surface area contributed by atoms with E-state index in [4.69, 9.17) is 4.43 Å². The highest BCUT2D eigenvalue weighted by atomic mass is 28.4. The molecule has 1 fully saturated rings. The van der Waals surface area contributed by atoms with E-state index in [-0.39, 0.29) is 0 Å². The van der Waals surface area contributed by atoms with Crippen LogP contribution in [0, 0.1) is 0 Å². The molecule has 1 rings (SSSR count). The minimum absolute atomic E-state index is 0.332. The van der Waals surface area contributed by atoms with Gasteiger partial charge in [-0.25, -0.2) is 0 Å². The first-order valence-corrected chi connectivity index (χ1v) is 8.54. The Kier molecular flexibility index (Phi) is 3.44. The van der Waals surface area contributed by atoms with Crippen LogP contribution in [0.4, 0.5) is 0 Å². The van der Waals surface area contributed by atoms with Crippen LogP contribution >= 0.6 is 0 Å². The summed E-state index contributed by atoms with van der Waals surface area (Å²) in [5, 5.41) is 3.77. The molecule has 14 heavy (non-hydrogen) atoms. The maximum Gasteiger partial charge on any atom is 0.192 e. The van der Waals surface area contributed by atoms with Gasteiger partial charge in [0.05, 0.1) is 6.10 Å². The van der Waals surface area contributed by atoms with Gasteiger partial charge in [-0.05, 0) is 31.5 Å². The van der Waals surface area contributed by atoms with Gasteiger partial charge in [-0.1, -0.05) is 20.8 Å². The maximum absolute atomic E-state index is 6.31. The second kappa shape index (κ2) is 3.95. The van der Waals surface area contributed by atoms with E-state index >= 15 is 0 Å². The fourth-order valence-corrected chi connectivity index (χ4v) is 2.94. The summed E-state index contributed by atoms with van der Waals surface area (Å²) < 4.78 is 6.31. The molecule has 3 heteroatoms. The summed E-state index contributed by atoms with van der Waals surface area (Å²) in [5.41, 5.74) is 0. The van der Waals surface area contributed by atoms with Crippen molar-refractivity contribution >= 4 is 8.32 Å². The molecule has 0 radical (unpaired) electrons. The Bertz CT molecular complexity index is 198. The summed E-state index contributed by atoms with van der Waals surface area (Å²) in [6.45, 7) is 14.8. The predicted octanol–water partition coefficient (Wildman–Crippen LogP) is 2.76. The average Bonchev–Trinajstić information content (AvgIpc) is 2.31. The Morgan fingerprint density at radius 3 is 2.21 bits per heavy atom. The van der Waals surface area contributed by atoms with Crippen molar-refractivity contribution in [2.45, 2.75) is 64.4 Å². The summed E-state index contributed by atoms with van der Waals surface area (Å²) in [6, 6.07) is 0.629. The first-order chi connectivity index (χ1) is 6.22. The molecule has 0 unspecified atom stereocenters. The van der Waals surface area contributed by atoms with Crippen molar-refractivity contribution < 1.29 is 4.43 Å². The Morgan fingerprint density at radius 2 is 1.86 bits per heavy atom. The first kappa shape index (κ1) is 12.2. The van der Waals surface area contributed by atoms with Crippen molar-refractivity contribution in [3.8, 4) is 0 Å². The lowest BCUT2D eigenvalue weighted by Crippen LogP contribution is -2.44. The maximum atomic E-state index is 6.31. The highest BCUT2D eigenvalue weighted by molar-refractivity contribution is 6.74. The zero-order valence-corrected chi connectivity index (χ0v) is 11.5. The lowest BCUT2D eigenvalue weighted by molar-refractivity contribution is 0.198. The van der Waals surface area contributed by atoms with E-state index in [1.54, 1.807) is 0 Å². The van der Waals surface area contributed by atoms with E-state index in [2.05, 4.69) is 46.1 Å². The van der Waals surface area contributed by atoms with E-state index in [0.29, 0.717) is 17.2 Å². The Balaban J connectivity index is 2.51. The fourth-order valence-electron chi connectivity index (χ4n) is 1.58. The van der Waals surface area contributed by atoms with Gasteiger partial charge in [0, 0.05) is 12.6 Å². The van der Waals surface area contributed by atoms with E-state index < -0.39 is 8.32 Å². The standard InChI is InChI=1S/C11H25NOSi/c1-9-7-10(8-12-9)13-14(5,6)11(2,3)4/h9-10,12H,7-8H2,1-6H3/t9-,10-/m0/s1. The van der Waals surface area contributed by atoms with Crippen LogP contribution in [0.1, 0.15) is 34.1 Å². The molecular formula is C11H25NOSi. The van der Waals surface area contributed by atoms with Crippen molar-refractivity contribution in [3.63, 3.8) is 0 Å². The normalized spacial score (nSPS) is 29.6. The molecule has 0 aliphatic carbocycles. The van der Waals surface area contributed by atoms with Crippen molar-refractivity contribution in [2.24, 2.45) is 0 Å². The van der Waals surface area contributed by atoms with E-state index in [9.17, 15) is 0 Å². The number of hydrogen-bond acceptors (Lipinski definition) is 2. The molecule has 84 valence electrons. The molecule has 0 aromatic carbocycles. The molecule has 1 aliphatic rings. The van der Waals surface area contributed by atoms with Crippen LogP contribution in [0.2, 0.25) is 18.1 Å². The van der Waals surface area contributed by atoms with Gasteiger partial charge in [0.2, 0.25) is 0 Å². The van der Waals surface area contributed by atoms with Crippen molar-refractivity contribution in [1.29, 1.82) is 0 Å². The minimum atomic E-state index is -1.54. The fraction of sp³-hybridized carbons (Fsp3) is 1.00. The molecule has 1 heterocycles. The lowest BCUT2D eigenvalue weighted by atomic mass is 10.2. The lowest BCUT2D eigenvalue weighted by Gasteiger charge is -2.38. The van der Waals surface area contributed by atoms with Crippen molar-refractivity contribution in [3.05, 3.63) is 0 Å². The molecule has 0 aromatic rings. The third kappa shape index (κ3) is 2.81. The molecule has 0 amide bonds. The van der Waals surface area contributed by atoms with E-state index in [1.807, 2.05) is 0 Å². The number of hydrogen-bond donors (Lipinski definition) is 1. The molecule has 0 saturated carbocycles. The van der Waals surface area contributed by atoms with Crippen LogP contribution in [-0.4, -0.2) is 27.0 Å². The van der Waals surface area contributed by atoms with Gasteiger partial charge >= 0.3 is 0 Å². The van der Waals surface area contributed by atoms with E-state index in [1.165, 1.54) is 6.42 Å². The second-order valence-corrected chi connectivity index (χ2v) is 10.8. The first-order valence-electron chi connectivity index (χ1n) is 5.63. The topological polar surface area (TPSA) is 21.3 Å². The largest absolute Gasteiger partial charge is 0.413 e. The van der Waals surface area contributed by atoms with Gasteiger partial charge in [0.1, 0.15) is 0 Å². The molecule has 2 nitrogen and oxygen atoms in total. The van der Waals surface area contributed by atoms with Gasteiger partial charge in [-0.15, -0.1) is 0 Å². The average molecular weight is 215 g/mol. The summed E-state index contributed by atoms with van der Waals surface area (Å²) in [4.78, 5) is 0. The Hall–Kier alpha value is 0.137. The van der Waals surface area contributed by atoms with E-state index in [0.717, 1.165) is 6.54 Å². The van der Waals surface area contributed by atoms with Crippen molar-refractivity contribution in [1.82, 2.24) is 5.32 Å². The molecule has 0 aromatic heterocycles. The third-order valence-corrected chi connectivity index (χ3v) is 8.11. The third-order valence-electron chi connectivity index (χ3n) is 3.58. The SMILES string of the molecule is C[C@H]1C[C@H](O[Si](C)(C)C(C)(C)C)CN1. The monoisotopic (exact) mass is 215 g/mol. The van der Waals surface area contributed by atoms with Gasteiger partial charge in [0.15, 0.2) is 8.32 Å². The van der Waals surface area contributed by atoms with Crippen LogP contribution in [0.5, 0.6) is 0 Å². The molecule has 1 aliphatic heterocycles. The summed E-state index contributed by atoms with van der Waals surface area (Å²) in [6.07, 6.45) is 1.62. The highest BCUT2D eigenvalue weighted by Crippen LogP contribution is 2.38. The van der Waals surface area contributed by atoms with Gasteiger partial charge in [-0.2, -0.15) is 0 Å². The summed E-state index contributed by atoms with van der Waals surface area (Å²) in [5.74, 6) is 0. The summed E-state index contributed by atoms with van der Waals surface area (Å²) in [7, 11) is -1.54. The second-order valence-electron chi connectivity index (χ2n) is 6.05. The van der Waals surface area contributed by atoms with Crippen LogP contribution in [-0.2, 0) is 4.43 Å². The van der Waals surface area contributed by atoms with Gasteiger partial charge in [-0.3, -0.25) is 0 Å². The smallest absolute Gasteiger partial charge is 0.192 e. The van der Waals surface area contributed by atoms with Crippen LogP contribution in [0.15, 0.2) is 0 Å². The zero-order valence-electron chi connectivity index (χ0n) is 10.5. The number of nitrogens with one attached hydrogen (secondary N) is 1. The molecule has 2 atom stereocenters. The molecular weight excluding hydrogens is 190 g/mol. The Labute approximate surface area is 89.6 Å². The van der Waals surface area contributed by atoms with Gasteiger partial charge in [0.25, 0.3) is 0 Å². The molecule has 0 spiro atoms. The molecule has 0 bridgehead atoms. The Morgan fingerprint density at radius 1 is 1.29 bits per heavy atom. The predicted molar refractivity (Wildman–Crippen MR) is 64.2 cm³/mol. The highest BCUT2D eigenvalue weighted by Gasteiger charge is 2.40. The van der Waals surface area contributed by atoms with Crippen LogP contribution in [0.25, 0.3) is 0 Å². The van der Waals surface area contributed by atoms with Gasteiger partial charge < -0.3 is 9.74 Å². The van der Waals surface area contributed by atoms with Crippen LogP contribution < -0.4 is 5.32 Å². The minimum Gasteiger partial charge on any atom is -0.413 e. The van der Waals surface area contributed by atoms with Crippen LogP contribution in [0.3, 0.4) is 0 Å². The number of rotatable bonds is 2. The quantitative estimate of drug-likeness (QED) is 0.715. The summed E-state index contributed by atoms with van der Waals surface area (Å²) >= 11 is 0. The molecule has 1 N–H and O–H groups in total. The van der Waals surface area contributed by atoms with Crippen molar-refractivity contribution in [2.75, 3.05) is 6.54 Å². The molecule has 1 saturated heterocycles.